The van der Waals surface area contributed by atoms with Crippen LogP contribution in [-0.2, 0) is 4.79 Å². The number of carboxylic acid groups (broad SMARTS) is 1. The molecule has 0 aromatic heterocycles. The number of carboxylic acids is 1. The fourth-order valence-corrected chi connectivity index (χ4v) is 1.43. The van der Waals surface area contributed by atoms with E-state index in [0.717, 1.165) is 0 Å². The SMILES string of the molecule is CC(C)(C)C(=O)O.CCCCCCCC(C)C(C)(C)N. The minimum absolute atomic E-state index is 0.00472. The van der Waals surface area contributed by atoms with E-state index < -0.39 is 11.4 Å². The first-order valence-electron chi connectivity index (χ1n) is 7.95. The number of carbonyl (C=O) groups is 1. The standard InChI is InChI=1S/C12H27N.C5H10O2/c1-5-6-7-8-9-10-11(2)12(3,4)13;1-5(2,3)4(6)7/h11H,5-10,13H2,1-4H3;1-3H3,(H,6,7). The smallest absolute Gasteiger partial charge is 0.308 e. The molecule has 0 heterocycles. The molecule has 3 N–H and O–H groups in total. The van der Waals surface area contributed by atoms with Gasteiger partial charge in [0, 0.05) is 5.54 Å². The Morgan fingerprint density at radius 1 is 1.05 bits per heavy atom. The molecule has 0 aliphatic rings. The summed E-state index contributed by atoms with van der Waals surface area (Å²) in [5, 5.41) is 8.25. The number of hydrogen-bond donors (Lipinski definition) is 2. The van der Waals surface area contributed by atoms with Crippen LogP contribution in [0.4, 0.5) is 0 Å². The van der Waals surface area contributed by atoms with Gasteiger partial charge in [-0.25, -0.2) is 0 Å². The second-order valence-electron chi connectivity index (χ2n) is 7.48. The van der Waals surface area contributed by atoms with Gasteiger partial charge in [0.25, 0.3) is 0 Å². The normalized spacial score (nSPS) is 13.4. The van der Waals surface area contributed by atoms with Gasteiger partial charge in [0.15, 0.2) is 0 Å². The van der Waals surface area contributed by atoms with Gasteiger partial charge in [0.1, 0.15) is 0 Å². The molecule has 0 spiro atoms. The summed E-state index contributed by atoms with van der Waals surface area (Å²) < 4.78 is 0. The van der Waals surface area contributed by atoms with Gasteiger partial charge in [0.2, 0.25) is 0 Å². The lowest BCUT2D eigenvalue weighted by molar-refractivity contribution is -0.145. The Labute approximate surface area is 126 Å². The van der Waals surface area contributed by atoms with Crippen LogP contribution in [0.5, 0.6) is 0 Å². The molecule has 0 saturated carbocycles. The summed E-state index contributed by atoms with van der Waals surface area (Å²) in [6.45, 7) is 13.8. The summed E-state index contributed by atoms with van der Waals surface area (Å²) in [6, 6.07) is 0. The first-order valence-corrected chi connectivity index (χ1v) is 7.95. The molecule has 0 aliphatic heterocycles. The molecule has 20 heavy (non-hydrogen) atoms. The summed E-state index contributed by atoms with van der Waals surface area (Å²) in [7, 11) is 0. The lowest BCUT2D eigenvalue weighted by atomic mass is 9.86. The van der Waals surface area contributed by atoms with Crippen molar-refractivity contribution in [3.63, 3.8) is 0 Å². The molecule has 122 valence electrons. The Kier molecular flexibility index (Phi) is 11.1. The van der Waals surface area contributed by atoms with Crippen LogP contribution in [0.1, 0.15) is 87.0 Å². The number of unbranched alkanes of at least 4 members (excludes halogenated alkanes) is 4. The van der Waals surface area contributed by atoms with E-state index in [2.05, 4.69) is 27.7 Å². The second kappa shape index (κ2) is 10.2. The predicted octanol–water partition coefficient (Wildman–Crippen LogP) is 4.84. The van der Waals surface area contributed by atoms with Crippen LogP contribution in [-0.4, -0.2) is 16.6 Å². The van der Waals surface area contributed by atoms with E-state index in [0.29, 0.717) is 5.92 Å². The van der Waals surface area contributed by atoms with Crippen LogP contribution in [0.15, 0.2) is 0 Å². The van der Waals surface area contributed by atoms with Crippen molar-refractivity contribution in [2.24, 2.45) is 17.1 Å². The first-order chi connectivity index (χ1) is 8.92. The average Bonchev–Trinajstić information content (AvgIpc) is 2.26. The maximum atomic E-state index is 10.0. The molecular weight excluding hydrogens is 250 g/mol. The monoisotopic (exact) mass is 287 g/mol. The Bertz CT molecular complexity index is 249. The average molecular weight is 287 g/mol. The zero-order valence-electron chi connectivity index (χ0n) is 14.8. The van der Waals surface area contributed by atoms with E-state index in [-0.39, 0.29) is 5.54 Å². The fraction of sp³-hybridized carbons (Fsp3) is 0.941. The van der Waals surface area contributed by atoms with Crippen LogP contribution < -0.4 is 5.73 Å². The molecule has 0 fully saturated rings. The molecule has 0 aromatic rings. The third kappa shape index (κ3) is 13.9. The van der Waals surface area contributed by atoms with Crippen LogP contribution in [0, 0.1) is 11.3 Å². The molecule has 0 aromatic carbocycles. The van der Waals surface area contributed by atoms with E-state index in [9.17, 15) is 4.79 Å². The molecule has 0 aliphatic carbocycles. The highest BCUT2D eigenvalue weighted by Gasteiger charge is 2.19. The van der Waals surface area contributed by atoms with Crippen LogP contribution in [0.2, 0.25) is 0 Å². The van der Waals surface area contributed by atoms with Gasteiger partial charge in [-0.05, 0) is 47.0 Å². The summed E-state index contributed by atoms with van der Waals surface area (Å²) in [5.41, 5.74) is 5.44. The summed E-state index contributed by atoms with van der Waals surface area (Å²) in [5.74, 6) is -0.110. The van der Waals surface area contributed by atoms with E-state index in [1.807, 2.05) is 0 Å². The second-order valence-corrected chi connectivity index (χ2v) is 7.48. The lowest BCUT2D eigenvalue weighted by Crippen LogP contribution is -2.39. The van der Waals surface area contributed by atoms with Gasteiger partial charge in [-0.2, -0.15) is 0 Å². The Morgan fingerprint density at radius 2 is 1.45 bits per heavy atom. The maximum absolute atomic E-state index is 10.0. The molecule has 3 heteroatoms. The minimum atomic E-state index is -0.757. The highest BCUT2D eigenvalue weighted by molar-refractivity contribution is 5.72. The van der Waals surface area contributed by atoms with E-state index in [1.54, 1.807) is 20.8 Å². The highest BCUT2D eigenvalue weighted by atomic mass is 16.4. The van der Waals surface area contributed by atoms with Crippen molar-refractivity contribution >= 4 is 5.97 Å². The van der Waals surface area contributed by atoms with E-state index >= 15 is 0 Å². The molecule has 1 unspecified atom stereocenters. The number of nitrogens with two attached hydrogens (primary N) is 1. The molecule has 1 atom stereocenters. The summed E-state index contributed by atoms with van der Waals surface area (Å²) in [6.07, 6.45) is 8.13. The van der Waals surface area contributed by atoms with Crippen molar-refractivity contribution < 1.29 is 9.90 Å². The molecule has 0 bridgehead atoms. The third-order valence-corrected chi connectivity index (χ3v) is 3.65. The van der Waals surface area contributed by atoms with Gasteiger partial charge in [-0.1, -0.05) is 46.0 Å². The van der Waals surface area contributed by atoms with Gasteiger partial charge in [-0.15, -0.1) is 0 Å². The number of hydrogen-bond acceptors (Lipinski definition) is 2. The van der Waals surface area contributed by atoms with Crippen LogP contribution in [0.25, 0.3) is 0 Å². The Morgan fingerprint density at radius 3 is 1.75 bits per heavy atom. The molecule has 0 radical (unpaired) electrons. The third-order valence-electron chi connectivity index (χ3n) is 3.65. The van der Waals surface area contributed by atoms with Crippen molar-refractivity contribution in [1.82, 2.24) is 0 Å². The fourth-order valence-electron chi connectivity index (χ4n) is 1.43. The zero-order valence-corrected chi connectivity index (χ0v) is 14.8. The Balaban J connectivity index is 0. The van der Waals surface area contributed by atoms with Crippen LogP contribution >= 0.6 is 0 Å². The predicted molar refractivity (Wildman–Crippen MR) is 87.9 cm³/mol. The quantitative estimate of drug-likeness (QED) is 0.659. The van der Waals surface area contributed by atoms with E-state index in [4.69, 9.17) is 10.8 Å². The first kappa shape index (κ1) is 21.7. The minimum Gasteiger partial charge on any atom is -0.481 e. The van der Waals surface area contributed by atoms with Gasteiger partial charge < -0.3 is 10.8 Å². The highest BCUT2D eigenvalue weighted by Crippen LogP contribution is 2.20. The summed E-state index contributed by atoms with van der Waals surface area (Å²) >= 11 is 0. The molecule has 0 rings (SSSR count). The number of rotatable bonds is 7. The van der Waals surface area contributed by atoms with Crippen molar-refractivity contribution in [3.8, 4) is 0 Å². The van der Waals surface area contributed by atoms with Crippen LogP contribution in [0.3, 0.4) is 0 Å². The molecule has 3 nitrogen and oxygen atoms in total. The van der Waals surface area contributed by atoms with E-state index in [1.165, 1.54) is 38.5 Å². The zero-order chi connectivity index (χ0) is 16.4. The van der Waals surface area contributed by atoms with Gasteiger partial charge in [0.05, 0.1) is 5.41 Å². The topological polar surface area (TPSA) is 63.3 Å². The maximum Gasteiger partial charge on any atom is 0.308 e. The summed E-state index contributed by atoms with van der Waals surface area (Å²) in [4.78, 5) is 10.0. The largest absolute Gasteiger partial charge is 0.481 e. The van der Waals surface area contributed by atoms with Crippen molar-refractivity contribution in [2.45, 2.75) is 92.5 Å². The van der Waals surface area contributed by atoms with Gasteiger partial charge in [-0.3, -0.25) is 4.79 Å². The Hall–Kier alpha value is -0.570. The number of aliphatic carboxylic acids is 1. The molecular formula is C17H37NO2. The lowest BCUT2D eigenvalue weighted by Gasteiger charge is -2.27. The van der Waals surface area contributed by atoms with Crippen molar-refractivity contribution in [3.05, 3.63) is 0 Å². The van der Waals surface area contributed by atoms with Gasteiger partial charge >= 0.3 is 5.97 Å². The molecule has 0 amide bonds. The van der Waals surface area contributed by atoms with Crippen molar-refractivity contribution in [1.29, 1.82) is 0 Å². The molecule has 0 saturated heterocycles. The van der Waals surface area contributed by atoms with Crippen molar-refractivity contribution in [2.75, 3.05) is 0 Å².